The molecule has 12 heteroatoms. The second kappa shape index (κ2) is 9.11. The van der Waals surface area contributed by atoms with Crippen molar-refractivity contribution in [3.63, 3.8) is 0 Å². The van der Waals surface area contributed by atoms with Gasteiger partial charge in [-0.25, -0.2) is 18.5 Å². The monoisotopic (exact) mass is 532 g/mol. The molecule has 0 spiro atoms. The number of sulfonamides is 1. The maximum atomic E-state index is 13.1. The lowest BCUT2D eigenvalue weighted by Gasteiger charge is -2.30. The highest BCUT2D eigenvalue weighted by molar-refractivity contribution is 9.10. The predicted molar refractivity (Wildman–Crippen MR) is 126 cm³/mol. The Balaban J connectivity index is 1.68. The number of primary sulfonamides is 1. The van der Waals surface area contributed by atoms with Crippen LogP contribution in [-0.4, -0.2) is 50.4 Å². The number of aromatic nitrogens is 1. The minimum absolute atomic E-state index is 0.000602. The van der Waals surface area contributed by atoms with Crippen molar-refractivity contribution < 1.29 is 17.6 Å². The number of rotatable bonds is 5. The topological polar surface area (TPSA) is 154 Å². The highest BCUT2D eigenvalue weighted by Gasteiger charge is 2.24. The lowest BCUT2D eigenvalue weighted by molar-refractivity contribution is 0.102. The Morgan fingerprint density at radius 1 is 1.30 bits per heavy atom. The number of halogens is 1. The molecule has 10 nitrogen and oxygen atoms in total. The highest BCUT2D eigenvalue weighted by Crippen LogP contribution is 2.35. The van der Waals surface area contributed by atoms with E-state index >= 15 is 0 Å². The van der Waals surface area contributed by atoms with Crippen molar-refractivity contribution in [2.75, 3.05) is 30.8 Å². The molecule has 1 fully saturated rings. The summed E-state index contributed by atoms with van der Waals surface area (Å²) in [6, 6.07) is 9.12. The molecule has 172 valence electrons. The molecule has 0 bridgehead atoms. The van der Waals surface area contributed by atoms with E-state index in [1.54, 1.807) is 6.07 Å². The van der Waals surface area contributed by atoms with Crippen LogP contribution in [0.2, 0.25) is 0 Å². The smallest absolute Gasteiger partial charge is 0.278 e. The first-order valence-electron chi connectivity index (χ1n) is 10.1. The van der Waals surface area contributed by atoms with Crippen LogP contribution in [0.5, 0.6) is 0 Å². The zero-order valence-electron chi connectivity index (χ0n) is 17.6. The van der Waals surface area contributed by atoms with Crippen molar-refractivity contribution in [1.29, 1.82) is 5.26 Å². The van der Waals surface area contributed by atoms with Crippen LogP contribution in [-0.2, 0) is 10.0 Å². The third-order valence-corrected chi connectivity index (χ3v) is 7.17. The van der Waals surface area contributed by atoms with Gasteiger partial charge in [-0.05, 0) is 73.2 Å². The molecule has 3 heterocycles. The molecule has 2 aromatic heterocycles. The van der Waals surface area contributed by atoms with Crippen molar-refractivity contribution in [1.82, 2.24) is 9.88 Å². The molecule has 1 aromatic carbocycles. The minimum atomic E-state index is -3.84. The molecule has 0 unspecified atom stereocenters. The van der Waals surface area contributed by atoms with Crippen LogP contribution >= 0.6 is 15.9 Å². The lowest BCUT2D eigenvalue weighted by Crippen LogP contribution is -2.37. The summed E-state index contributed by atoms with van der Waals surface area (Å²) in [5.41, 5.74) is 0.522. The number of nitrogens with one attached hydrogen (secondary N) is 2. The summed E-state index contributed by atoms with van der Waals surface area (Å²) in [6.45, 7) is 1.90. The van der Waals surface area contributed by atoms with E-state index < -0.39 is 15.9 Å². The average molecular weight is 533 g/mol. The summed E-state index contributed by atoms with van der Waals surface area (Å²) in [7, 11) is -1.77. The van der Waals surface area contributed by atoms with Crippen LogP contribution in [0.15, 0.2) is 44.1 Å². The van der Waals surface area contributed by atoms with Gasteiger partial charge in [0, 0.05) is 23.2 Å². The third kappa shape index (κ3) is 5.01. The molecule has 1 amide bonds. The van der Waals surface area contributed by atoms with Crippen molar-refractivity contribution in [2.45, 2.75) is 23.8 Å². The second-order valence-electron chi connectivity index (χ2n) is 7.83. The minimum Gasteiger partial charge on any atom is -0.443 e. The van der Waals surface area contributed by atoms with Crippen molar-refractivity contribution >= 4 is 54.3 Å². The zero-order chi connectivity index (χ0) is 23.8. The molecule has 1 aliphatic rings. The number of carbonyl (C=O) groups is 1. The number of nitrogens with zero attached hydrogens (tertiary/aromatic N) is 3. The third-order valence-electron chi connectivity index (χ3n) is 5.44. The fourth-order valence-electron chi connectivity index (χ4n) is 3.64. The van der Waals surface area contributed by atoms with Gasteiger partial charge >= 0.3 is 0 Å². The summed E-state index contributed by atoms with van der Waals surface area (Å²) < 4.78 is 29.1. The number of nitrogens with two attached hydrogens (primary N) is 1. The Kier molecular flexibility index (Phi) is 6.40. The number of fused-ring (bicyclic) bond motifs is 1. The molecule has 33 heavy (non-hydrogen) atoms. The maximum absolute atomic E-state index is 13.1. The summed E-state index contributed by atoms with van der Waals surface area (Å²) in [4.78, 5) is 19.8. The number of hydrogen-bond donors (Lipinski definition) is 3. The number of pyridine rings is 1. The van der Waals surface area contributed by atoms with Crippen LogP contribution in [0.4, 0.5) is 11.5 Å². The number of carbonyl (C=O) groups excluding carboxylic acids is 1. The van der Waals surface area contributed by atoms with Gasteiger partial charge in [-0.1, -0.05) is 0 Å². The van der Waals surface area contributed by atoms with Gasteiger partial charge < -0.3 is 20.0 Å². The van der Waals surface area contributed by atoms with E-state index in [9.17, 15) is 18.5 Å². The van der Waals surface area contributed by atoms with E-state index in [0.29, 0.717) is 21.4 Å². The molecular formula is C21H21BrN6O4S. The van der Waals surface area contributed by atoms with Gasteiger partial charge in [-0.2, -0.15) is 5.26 Å². The normalized spacial score (nSPS) is 15.3. The van der Waals surface area contributed by atoms with Gasteiger partial charge in [0.05, 0.1) is 9.37 Å². The number of hydrogen-bond acceptors (Lipinski definition) is 8. The molecule has 1 saturated heterocycles. The number of piperidine rings is 1. The maximum Gasteiger partial charge on any atom is 0.278 e. The Hall–Kier alpha value is -2.98. The van der Waals surface area contributed by atoms with E-state index in [1.807, 2.05) is 6.07 Å². The summed E-state index contributed by atoms with van der Waals surface area (Å²) in [6.07, 6.45) is 1.85. The quantitative estimate of drug-likeness (QED) is 0.452. The number of nitriles is 1. The Morgan fingerprint density at radius 2 is 1.97 bits per heavy atom. The predicted octanol–water partition coefficient (Wildman–Crippen LogP) is 2.87. The van der Waals surface area contributed by atoms with E-state index in [-0.39, 0.29) is 28.0 Å². The molecule has 1 aliphatic heterocycles. The largest absolute Gasteiger partial charge is 0.443 e. The second-order valence-corrected chi connectivity index (χ2v) is 10.2. The Morgan fingerprint density at radius 3 is 2.58 bits per heavy atom. The fraction of sp³-hybridized carbons (Fsp3) is 0.286. The molecular weight excluding hydrogens is 512 g/mol. The molecule has 3 aromatic rings. The number of furan rings is 1. The number of amides is 1. The number of benzene rings is 1. The van der Waals surface area contributed by atoms with Gasteiger partial charge in [-0.15, -0.1) is 0 Å². The Bertz CT molecular complexity index is 1360. The fourth-order valence-corrected chi connectivity index (χ4v) is 4.65. The van der Waals surface area contributed by atoms with Crippen LogP contribution in [0.3, 0.4) is 0 Å². The van der Waals surface area contributed by atoms with Gasteiger partial charge in [0.25, 0.3) is 5.91 Å². The summed E-state index contributed by atoms with van der Waals surface area (Å²) in [5.74, 6) is -0.0336. The molecule has 0 aliphatic carbocycles. The van der Waals surface area contributed by atoms with E-state index in [2.05, 4.69) is 43.5 Å². The molecule has 0 radical (unpaired) electrons. The summed E-state index contributed by atoms with van der Waals surface area (Å²) >= 11 is 3.53. The molecule has 4 N–H and O–H groups in total. The van der Waals surface area contributed by atoms with Gasteiger partial charge in [0.1, 0.15) is 11.9 Å². The zero-order valence-corrected chi connectivity index (χ0v) is 20.0. The van der Waals surface area contributed by atoms with Gasteiger partial charge in [0.15, 0.2) is 11.3 Å². The van der Waals surface area contributed by atoms with E-state index in [4.69, 9.17) is 9.56 Å². The van der Waals surface area contributed by atoms with Gasteiger partial charge in [0.2, 0.25) is 15.8 Å². The molecule has 4 rings (SSSR count). The van der Waals surface area contributed by atoms with Crippen molar-refractivity contribution in [3.8, 4) is 6.07 Å². The SMILES string of the molecule is CN1CCC(Nc2nc(C(=O)Nc3ccc(S(N)(=O)=O)cc3)c3oc(C#N)cc3c2Br)CC1. The average Bonchev–Trinajstić information content (AvgIpc) is 3.22. The number of likely N-dealkylation sites (tertiary alicyclic amines) is 1. The van der Waals surface area contributed by atoms with E-state index in [0.717, 1.165) is 25.9 Å². The first kappa shape index (κ1) is 23.2. The first-order valence-corrected chi connectivity index (χ1v) is 12.4. The van der Waals surface area contributed by atoms with Crippen molar-refractivity contribution in [2.24, 2.45) is 5.14 Å². The van der Waals surface area contributed by atoms with Crippen LogP contribution in [0.1, 0.15) is 29.1 Å². The summed E-state index contributed by atoms with van der Waals surface area (Å²) in [5, 5.41) is 21.0. The lowest BCUT2D eigenvalue weighted by atomic mass is 10.1. The highest BCUT2D eigenvalue weighted by atomic mass is 79.9. The number of anilines is 2. The van der Waals surface area contributed by atoms with Crippen molar-refractivity contribution in [3.05, 3.63) is 46.3 Å². The standard InChI is InChI=1S/C21H21BrN6O4S/c1-28-8-6-13(7-9-28)25-20-17(22)16-10-14(11-23)32-19(16)18(27-20)21(29)26-12-2-4-15(5-3-12)33(24,30)31/h2-5,10,13H,6-9H2,1H3,(H,25,27)(H,26,29)(H2,24,30,31). The molecule has 0 atom stereocenters. The first-order chi connectivity index (χ1) is 15.7. The Labute approximate surface area is 198 Å². The van der Waals surface area contributed by atoms with E-state index in [1.165, 1.54) is 24.3 Å². The van der Waals surface area contributed by atoms with Gasteiger partial charge in [-0.3, -0.25) is 4.79 Å². The van der Waals surface area contributed by atoms with Crippen LogP contribution < -0.4 is 15.8 Å². The molecule has 0 saturated carbocycles. The van der Waals surface area contributed by atoms with Crippen LogP contribution in [0, 0.1) is 11.3 Å². The van der Waals surface area contributed by atoms with Crippen LogP contribution in [0.25, 0.3) is 11.0 Å².